The van der Waals surface area contributed by atoms with E-state index in [1.165, 1.54) is 44.4 Å². The minimum Gasteiger partial charge on any atom is -0.387 e. The fourth-order valence-corrected chi connectivity index (χ4v) is 9.13. The summed E-state index contributed by atoms with van der Waals surface area (Å²) in [5.74, 6) is 0.164. The topological polar surface area (TPSA) is 82.5 Å². The van der Waals surface area contributed by atoms with E-state index in [2.05, 4.69) is 70.8 Å². The predicted molar refractivity (Wildman–Crippen MR) is 169 cm³/mol. The molecule has 0 bridgehead atoms. The van der Waals surface area contributed by atoms with Crippen molar-refractivity contribution in [3.8, 4) is 0 Å². The number of benzene rings is 1. The Hall–Kier alpha value is -2.47. The molecule has 6 atom stereocenters. The molecule has 5 heteroatoms. The van der Waals surface area contributed by atoms with Gasteiger partial charge in [-0.05, 0) is 127 Å². The van der Waals surface area contributed by atoms with Gasteiger partial charge in [0, 0.05) is 27.4 Å². The molecule has 4 aliphatic rings. The van der Waals surface area contributed by atoms with Crippen LogP contribution in [-0.2, 0) is 34.2 Å². The van der Waals surface area contributed by atoms with Gasteiger partial charge < -0.3 is 19.9 Å². The van der Waals surface area contributed by atoms with Crippen LogP contribution in [0, 0.1) is 11.3 Å². The molecule has 3 N–H and O–H groups in total. The zero-order valence-electron chi connectivity index (χ0n) is 26.8. The first-order valence-electron chi connectivity index (χ1n) is 15.9. The summed E-state index contributed by atoms with van der Waals surface area (Å²) in [5, 5.41) is 24.7. The molecule has 2 saturated carbocycles. The second-order valence-electron chi connectivity index (χ2n) is 15.1. The molecule has 1 aromatic heterocycles. The maximum absolute atomic E-state index is 13.2. The molecule has 6 rings (SSSR count). The molecule has 2 heterocycles. The summed E-state index contributed by atoms with van der Waals surface area (Å²) in [5.41, 5.74) is 6.88. The monoisotopic (exact) mass is 571 g/mol. The average Bonchev–Trinajstić information content (AvgIpc) is 3.41. The van der Waals surface area contributed by atoms with Gasteiger partial charge in [-0.15, -0.1) is 0 Å². The Morgan fingerprint density at radius 3 is 2.43 bits per heavy atom. The third-order valence-electron chi connectivity index (χ3n) is 11.6. The van der Waals surface area contributed by atoms with Gasteiger partial charge in [-0.25, -0.2) is 0 Å². The number of aromatic amines is 1. The zero-order valence-corrected chi connectivity index (χ0v) is 26.8. The van der Waals surface area contributed by atoms with Gasteiger partial charge in [0.15, 0.2) is 5.78 Å². The molecule has 2 aromatic rings. The second-order valence-corrected chi connectivity index (χ2v) is 15.1. The fourth-order valence-electron chi connectivity index (χ4n) is 9.13. The predicted octanol–water partition coefficient (Wildman–Crippen LogP) is 6.97. The lowest BCUT2D eigenvalue weighted by atomic mass is 9.42. The minimum atomic E-state index is -1.27. The number of H-pyrrole nitrogens is 1. The minimum absolute atomic E-state index is 0.246. The number of aromatic nitrogens is 1. The first-order valence-corrected chi connectivity index (χ1v) is 15.9. The molecule has 1 unspecified atom stereocenters. The summed E-state index contributed by atoms with van der Waals surface area (Å²) in [6.07, 6.45) is 10.9. The summed E-state index contributed by atoms with van der Waals surface area (Å²) in [6, 6.07) is 4.55. The van der Waals surface area contributed by atoms with Crippen LogP contribution in [0.2, 0.25) is 0 Å². The summed E-state index contributed by atoms with van der Waals surface area (Å²) in [6.45, 7) is 16.5. The highest BCUT2D eigenvalue weighted by Gasteiger charge is 2.70. The molecule has 1 aliphatic heterocycles. The number of aliphatic hydroxyl groups is 2. The van der Waals surface area contributed by atoms with Crippen LogP contribution in [-0.4, -0.2) is 44.4 Å². The van der Waals surface area contributed by atoms with Crippen LogP contribution in [0.1, 0.15) is 103 Å². The van der Waals surface area contributed by atoms with Gasteiger partial charge in [0.1, 0.15) is 6.10 Å². The number of carbonyl (C=O) groups is 1. The first kappa shape index (κ1) is 29.6. The average molecular weight is 572 g/mol. The highest BCUT2D eigenvalue weighted by molar-refractivity contribution is 5.96. The largest absolute Gasteiger partial charge is 0.387 e. The Balaban J connectivity index is 1.49. The van der Waals surface area contributed by atoms with E-state index in [9.17, 15) is 15.0 Å². The Morgan fingerprint density at radius 1 is 1.07 bits per heavy atom. The number of hydrogen-bond acceptors (Lipinski definition) is 4. The maximum atomic E-state index is 13.2. The number of ether oxygens (including phenoxy) is 1. The highest BCUT2D eigenvalue weighted by atomic mass is 16.5. The molecule has 0 amide bonds. The van der Waals surface area contributed by atoms with E-state index in [0.29, 0.717) is 12.3 Å². The van der Waals surface area contributed by atoms with Crippen LogP contribution in [0.5, 0.6) is 0 Å². The number of nitrogens with one attached hydrogen (secondary N) is 1. The van der Waals surface area contributed by atoms with Gasteiger partial charge in [-0.1, -0.05) is 43.2 Å². The van der Waals surface area contributed by atoms with Crippen molar-refractivity contribution in [2.45, 2.75) is 129 Å². The number of rotatable bonds is 5. The molecule has 0 radical (unpaired) electrons. The van der Waals surface area contributed by atoms with E-state index < -0.39 is 22.7 Å². The third kappa shape index (κ3) is 4.10. The Labute approximate surface area is 251 Å². The third-order valence-corrected chi connectivity index (χ3v) is 11.6. The van der Waals surface area contributed by atoms with Crippen molar-refractivity contribution >= 4 is 16.7 Å². The molecular formula is C37H49NO4. The molecule has 0 spiro atoms. The highest BCUT2D eigenvalue weighted by Crippen LogP contribution is 2.69. The van der Waals surface area contributed by atoms with Crippen LogP contribution in [0.25, 0.3) is 10.9 Å². The van der Waals surface area contributed by atoms with Crippen LogP contribution >= 0.6 is 0 Å². The van der Waals surface area contributed by atoms with Gasteiger partial charge in [0.25, 0.3) is 0 Å². The Kier molecular flexibility index (Phi) is 6.88. The quantitative estimate of drug-likeness (QED) is 0.339. The van der Waals surface area contributed by atoms with E-state index >= 15 is 0 Å². The molecule has 3 aliphatic carbocycles. The van der Waals surface area contributed by atoms with Crippen LogP contribution in [0.3, 0.4) is 0 Å². The van der Waals surface area contributed by atoms with Gasteiger partial charge >= 0.3 is 0 Å². The molecule has 1 aromatic carbocycles. The van der Waals surface area contributed by atoms with Gasteiger partial charge in [0.05, 0.1) is 17.3 Å². The zero-order chi connectivity index (χ0) is 30.4. The molecule has 2 fully saturated rings. The SMILES string of the molecule is CC(C)=CCc1ccc2[nH]c3c(c2c1CC=C(C)C)CC1CC[C@@]2(O)C4=CC(=O)[C@@H](C(C)(C)O)O[C@H]4CC[C@]2(C)[C@@]31C. The van der Waals surface area contributed by atoms with Gasteiger partial charge in [-0.3, -0.25) is 4.79 Å². The standard InChI is InChI=1S/C37H49NO4/c1-21(2)9-11-23-12-14-28-31(25(23)13-10-22(3)4)26-19-24-15-18-37(41)27-20-29(39)33(34(5,6)40)42-30(27)16-17-35(37,7)36(24,8)32(26)38-28/h9-10,12,14,20,24,30,33,38,40-41H,11,13,15-19H2,1-8H3/t24?,30-,33-,35+,36+,37+/m0/s1. The Bertz CT molecular complexity index is 1540. The smallest absolute Gasteiger partial charge is 0.187 e. The van der Waals surface area contributed by atoms with E-state index in [4.69, 9.17) is 4.74 Å². The second kappa shape index (κ2) is 9.77. The summed E-state index contributed by atoms with van der Waals surface area (Å²) < 4.78 is 6.26. The molecule has 42 heavy (non-hydrogen) atoms. The van der Waals surface area contributed by atoms with Crippen molar-refractivity contribution in [3.05, 3.63) is 69.5 Å². The number of carbonyl (C=O) groups excluding carboxylic acids is 1. The number of fused-ring (bicyclic) bond motifs is 9. The van der Waals surface area contributed by atoms with Gasteiger partial charge in [-0.2, -0.15) is 0 Å². The number of hydrogen-bond donors (Lipinski definition) is 3. The molecule has 0 saturated heterocycles. The number of allylic oxidation sites excluding steroid dienone is 4. The van der Waals surface area contributed by atoms with E-state index in [1.807, 2.05) is 0 Å². The first-order chi connectivity index (χ1) is 19.6. The van der Waals surface area contributed by atoms with Crippen molar-refractivity contribution in [1.82, 2.24) is 4.98 Å². The van der Waals surface area contributed by atoms with Crippen molar-refractivity contribution in [2.75, 3.05) is 0 Å². The summed E-state index contributed by atoms with van der Waals surface area (Å²) in [7, 11) is 0. The maximum Gasteiger partial charge on any atom is 0.187 e. The van der Waals surface area contributed by atoms with Crippen molar-refractivity contribution < 1.29 is 19.7 Å². The van der Waals surface area contributed by atoms with E-state index in [-0.39, 0.29) is 17.3 Å². The fraction of sp³-hybridized carbons (Fsp3) is 0.595. The van der Waals surface area contributed by atoms with Gasteiger partial charge in [0.2, 0.25) is 0 Å². The molecule has 226 valence electrons. The summed E-state index contributed by atoms with van der Waals surface area (Å²) in [4.78, 5) is 17.1. The van der Waals surface area contributed by atoms with Crippen molar-refractivity contribution in [1.29, 1.82) is 0 Å². The molecule has 5 nitrogen and oxygen atoms in total. The lowest BCUT2D eigenvalue weighted by molar-refractivity contribution is -0.195. The lowest BCUT2D eigenvalue weighted by Crippen LogP contribution is -2.68. The van der Waals surface area contributed by atoms with Crippen LogP contribution in [0.4, 0.5) is 0 Å². The normalized spacial score (nSPS) is 33.8. The molecular weight excluding hydrogens is 522 g/mol. The lowest BCUT2D eigenvalue weighted by Gasteiger charge is -2.64. The number of ketones is 1. The summed E-state index contributed by atoms with van der Waals surface area (Å²) >= 11 is 0. The van der Waals surface area contributed by atoms with Crippen LogP contribution in [0.15, 0.2) is 47.1 Å². The van der Waals surface area contributed by atoms with Crippen LogP contribution < -0.4 is 0 Å². The van der Waals surface area contributed by atoms with Crippen molar-refractivity contribution in [2.24, 2.45) is 11.3 Å². The van der Waals surface area contributed by atoms with E-state index in [0.717, 1.165) is 44.1 Å². The van der Waals surface area contributed by atoms with E-state index in [1.54, 1.807) is 19.9 Å². The Morgan fingerprint density at radius 2 is 1.76 bits per heavy atom. The van der Waals surface area contributed by atoms with Crippen molar-refractivity contribution in [3.63, 3.8) is 0 Å².